The summed E-state index contributed by atoms with van der Waals surface area (Å²) in [5, 5.41) is 8.45. The summed E-state index contributed by atoms with van der Waals surface area (Å²) in [4.78, 5) is 32.7. The van der Waals surface area contributed by atoms with Crippen molar-refractivity contribution in [1.29, 1.82) is 0 Å². The Kier molecular flexibility index (Phi) is 8.48. The molecule has 0 saturated carbocycles. The molecular weight excluding hydrogens is 581 g/mol. The van der Waals surface area contributed by atoms with Crippen LogP contribution >= 0.6 is 11.6 Å². The van der Waals surface area contributed by atoms with Crippen molar-refractivity contribution in [3.05, 3.63) is 101 Å². The van der Waals surface area contributed by atoms with E-state index in [4.69, 9.17) is 16.4 Å². The Balaban J connectivity index is 1.54. The highest BCUT2D eigenvalue weighted by atomic mass is 35.5. The van der Waals surface area contributed by atoms with Gasteiger partial charge in [-0.1, -0.05) is 79.2 Å². The molecule has 5 rings (SSSR count). The van der Waals surface area contributed by atoms with Crippen LogP contribution < -0.4 is 15.7 Å². The van der Waals surface area contributed by atoms with E-state index in [-0.39, 0.29) is 40.7 Å². The molecule has 0 spiro atoms. The first-order chi connectivity index (χ1) is 20.3. The van der Waals surface area contributed by atoms with Crippen LogP contribution in [0.2, 0.25) is 5.02 Å². The first-order valence-corrected chi connectivity index (χ1v) is 14.5. The zero-order valence-electron chi connectivity index (χ0n) is 24.1. The fourth-order valence-electron chi connectivity index (χ4n) is 6.02. The molecule has 2 aliphatic heterocycles. The number of alkyl halides is 3. The molecule has 228 valence electrons. The molecule has 0 bridgehead atoms. The van der Waals surface area contributed by atoms with E-state index < -0.39 is 29.9 Å². The lowest BCUT2D eigenvalue weighted by Crippen LogP contribution is -2.57. The van der Waals surface area contributed by atoms with E-state index in [2.05, 4.69) is 24.5 Å². The van der Waals surface area contributed by atoms with Gasteiger partial charge in [0.05, 0.1) is 16.9 Å². The molecule has 1 amide bonds. The fraction of sp³-hybridized carbons (Fsp3) is 0.375. The Labute approximate surface area is 253 Å². The molecule has 11 heteroatoms. The van der Waals surface area contributed by atoms with Crippen molar-refractivity contribution in [3.8, 4) is 0 Å². The number of hydrogen-bond donors (Lipinski definition) is 2. The topological polar surface area (TPSA) is 73.9 Å². The number of rotatable bonds is 8. The molecule has 43 heavy (non-hydrogen) atoms. The van der Waals surface area contributed by atoms with E-state index in [9.17, 15) is 22.8 Å². The van der Waals surface area contributed by atoms with Crippen LogP contribution in [0.4, 0.5) is 18.9 Å². The van der Waals surface area contributed by atoms with E-state index >= 15 is 0 Å². The standard InChI is InChI=1S/C32H34ClF3N4O3/c1-21(18-31(23-12-8-5-9-13-23)37-20-30(2,3)38-31)16-27-39(19-22-10-6-4-7-11-22)28(41)25-15-14-24(33)17-26(25)40(27)43-29(42)32(34,35)36/h4-15,17,21,27,37-38H,16,18-20H2,1-3H3. The number of nitrogens with one attached hydrogen (secondary N) is 2. The fourth-order valence-corrected chi connectivity index (χ4v) is 6.18. The maximum Gasteiger partial charge on any atom is 0.493 e. The molecule has 2 aliphatic rings. The first-order valence-electron chi connectivity index (χ1n) is 14.1. The van der Waals surface area contributed by atoms with Crippen molar-refractivity contribution >= 4 is 29.2 Å². The molecule has 2 N–H and O–H groups in total. The van der Waals surface area contributed by atoms with Gasteiger partial charge in [-0.2, -0.15) is 18.2 Å². The summed E-state index contributed by atoms with van der Waals surface area (Å²) in [5.41, 5.74) is 1.04. The number of anilines is 1. The van der Waals surface area contributed by atoms with Gasteiger partial charge in [-0.15, -0.1) is 0 Å². The van der Waals surface area contributed by atoms with Gasteiger partial charge in [-0.05, 0) is 61.9 Å². The van der Waals surface area contributed by atoms with Crippen LogP contribution in [0.25, 0.3) is 0 Å². The zero-order valence-corrected chi connectivity index (χ0v) is 24.9. The lowest BCUT2D eigenvalue weighted by Gasteiger charge is -2.45. The van der Waals surface area contributed by atoms with E-state index in [0.717, 1.165) is 16.2 Å². The van der Waals surface area contributed by atoms with E-state index in [1.807, 2.05) is 67.6 Å². The number of halogens is 4. The van der Waals surface area contributed by atoms with Crippen LogP contribution in [-0.4, -0.2) is 41.2 Å². The Bertz CT molecular complexity index is 1470. The monoisotopic (exact) mass is 614 g/mol. The third kappa shape index (κ3) is 6.66. The molecule has 1 saturated heterocycles. The van der Waals surface area contributed by atoms with Gasteiger partial charge in [0.1, 0.15) is 6.17 Å². The molecule has 3 aromatic rings. The zero-order chi connectivity index (χ0) is 31.0. The smallest absolute Gasteiger partial charge is 0.330 e. The van der Waals surface area contributed by atoms with Crippen molar-refractivity contribution in [2.45, 2.75) is 63.7 Å². The van der Waals surface area contributed by atoms with Gasteiger partial charge < -0.3 is 9.74 Å². The van der Waals surface area contributed by atoms with Crippen LogP contribution in [0, 0.1) is 5.92 Å². The Morgan fingerprint density at radius 2 is 1.72 bits per heavy atom. The third-order valence-corrected chi connectivity index (χ3v) is 8.08. The molecule has 0 aromatic heterocycles. The molecular formula is C32H34ClF3N4O3. The molecule has 0 aliphatic carbocycles. The number of benzene rings is 3. The lowest BCUT2D eigenvalue weighted by atomic mass is 9.86. The number of carbonyl (C=O) groups is 2. The van der Waals surface area contributed by atoms with Crippen LogP contribution in [0.15, 0.2) is 78.9 Å². The largest absolute Gasteiger partial charge is 0.493 e. The molecule has 0 radical (unpaired) electrons. The van der Waals surface area contributed by atoms with Crippen LogP contribution in [0.5, 0.6) is 0 Å². The number of hydroxylamine groups is 1. The van der Waals surface area contributed by atoms with Crippen LogP contribution in [0.3, 0.4) is 0 Å². The minimum Gasteiger partial charge on any atom is -0.330 e. The Morgan fingerprint density at radius 3 is 2.33 bits per heavy atom. The minimum atomic E-state index is -5.25. The summed E-state index contributed by atoms with van der Waals surface area (Å²) in [7, 11) is 0. The van der Waals surface area contributed by atoms with Crippen molar-refractivity contribution in [2.24, 2.45) is 5.92 Å². The maximum atomic E-state index is 13.9. The van der Waals surface area contributed by atoms with Gasteiger partial charge in [0, 0.05) is 23.7 Å². The van der Waals surface area contributed by atoms with Crippen molar-refractivity contribution in [3.63, 3.8) is 0 Å². The SMILES string of the molecule is CC(CC1N(Cc2ccccc2)C(=O)c2ccc(Cl)cc2N1OC(=O)C(F)(F)F)CC1(c2ccccc2)NCC(C)(C)N1. The first kappa shape index (κ1) is 30.8. The highest BCUT2D eigenvalue weighted by Crippen LogP contribution is 2.40. The number of hydrogen-bond acceptors (Lipinski definition) is 6. The number of nitrogens with zero attached hydrogens (tertiary/aromatic N) is 2. The van der Waals surface area contributed by atoms with Gasteiger partial charge >= 0.3 is 12.1 Å². The number of fused-ring (bicyclic) bond motifs is 1. The predicted molar refractivity (Wildman–Crippen MR) is 158 cm³/mol. The second-order valence-corrected chi connectivity index (χ2v) is 12.4. The van der Waals surface area contributed by atoms with Gasteiger partial charge in [-0.3, -0.25) is 15.4 Å². The molecule has 3 unspecified atom stereocenters. The molecule has 3 aromatic carbocycles. The van der Waals surface area contributed by atoms with E-state index in [1.54, 1.807) is 0 Å². The highest BCUT2D eigenvalue weighted by Gasteiger charge is 2.49. The average Bonchev–Trinajstić information content (AvgIpc) is 3.28. The Hall–Kier alpha value is -3.60. The van der Waals surface area contributed by atoms with Gasteiger partial charge in [-0.25, -0.2) is 4.79 Å². The van der Waals surface area contributed by atoms with E-state index in [1.165, 1.54) is 23.1 Å². The predicted octanol–water partition coefficient (Wildman–Crippen LogP) is 6.39. The number of amides is 1. The lowest BCUT2D eigenvalue weighted by molar-refractivity contribution is -0.203. The van der Waals surface area contributed by atoms with Crippen molar-refractivity contribution in [1.82, 2.24) is 15.5 Å². The molecule has 2 heterocycles. The number of carbonyl (C=O) groups excluding carboxylic acids is 2. The highest BCUT2D eigenvalue weighted by molar-refractivity contribution is 6.31. The Morgan fingerprint density at radius 1 is 1.07 bits per heavy atom. The summed E-state index contributed by atoms with van der Waals surface area (Å²) in [5.74, 6) is -2.97. The molecule has 7 nitrogen and oxygen atoms in total. The molecule has 1 fully saturated rings. The van der Waals surface area contributed by atoms with Crippen LogP contribution in [0.1, 0.15) is 55.1 Å². The van der Waals surface area contributed by atoms with E-state index in [0.29, 0.717) is 13.0 Å². The van der Waals surface area contributed by atoms with Crippen LogP contribution in [-0.2, 0) is 21.8 Å². The quantitative estimate of drug-likeness (QED) is 0.306. The van der Waals surface area contributed by atoms with Crippen molar-refractivity contribution < 1.29 is 27.6 Å². The van der Waals surface area contributed by atoms with Gasteiger partial charge in [0.15, 0.2) is 0 Å². The second-order valence-electron chi connectivity index (χ2n) is 11.9. The summed E-state index contributed by atoms with van der Waals surface area (Å²) >= 11 is 6.23. The van der Waals surface area contributed by atoms with Crippen molar-refractivity contribution in [2.75, 3.05) is 11.6 Å². The summed E-state index contributed by atoms with van der Waals surface area (Å²) < 4.78 is 40.6. The normalized spacial score (nSPS) is 22.3. The minimum absolute atomic E-state index is 0.00707. The second kappa shape index (κ2) is 11.8. The van der Waals surface area contributed by atoms with Gasteiger partial charge in [0.25, 0.3) is 5.91 Å². The maximum absolute atomic E-state index is 13.9. The summed E-state index contributed by atoms with van der Waals surface area (Å²) in [6, 6.07) is 23.3. The third-order valence-electron chi connectivity index (χ3n) is 7.85. The average molecular weight is 615 g/mol. The van der Waals surface area contributed by atoms with Gasteiger partial charge in [0.2, 0.25) is 0 Å². The summed E-state index contributed by atoms with van der Waals surface area (Å²) in [6.45, 7) is 6.94. The summed E-state index contributed by atoms with van der Waals surface area (Å²) in [6.07, 6.45) is -5.58. The molecule has 3 atom stereocenters.